The Morgan fingerprint density at radius 1 is 1.31 bits per heavy atom. The van der Waals surface area contributed by atoms with E-state index >= 15 is 0 Å². The van der Waals surface area contributed by atoms with Crippen LogP contribution in [-0.4, -0.2) is 55.8 Å². The van der Waals surface area contributed by atoms with E-state index < -0.39 is 18.1 Å². The van der Waals surface area contributed by atoms with Gasteiger partial charge in [0.1, 0.15) is 12.1 Å². The Kier molecular flexibility index (Phi) is 4.47. The van der Waals surface area contributed by atoms with Crippen LogP contribution in [0.4, 0.5) is 24.8 Å². The monoisotopic (exact) mass is 406 g/mol. The number of carbonyl (C=O) groups excluding carboxylic acids is 1. The number of halogens is 3. The molecule has 0 spiro atoms. The minimum atomic E-state index is -4.90. The third-order valence-electron chi connectivity index (χ3n) is 4.64. The molecule has 3 aromatic rings. The Labute approximate surface area is 162 Å². The minimum absolute atomic E-state index is 0.208. The average Bonchev–Trinajstić information content (AvgIpc) is 3.24. The first kappa shape index (κ1) is 18.9. The lowest BCUT2D eigenvalue weighted by atomic mass is 10.2. The maximum absolute atomic E-state index is 12.5. The lowest BCUT2D eigenvalue weighted by molar-refractivity contribution is -0.174. The molecule has 3 N–H and O–H groups in total. The lowest BCUT2D eigenvalue weighted by Crippen LogP contribution is -2.44. The number of hydrogen-bond donors (Lipinski definition) is 2. The fourth-order valence-electron chi connectivity index (χ4n) is 3.30. The Morgan fingerprint density at radius 3 is 2.86 bits per heavy atom. The van der Waals surface area contributed by atoms with Crippen LogP contribution in [-0.2, 0) is 4.79 Å². The molecule has 1 fully saturated rings. The highest BCUT2D eigenvalue weighted by molar-refractivity contribution is 5.85. The predicted molar refractivity (Wildman–Crippen MR) is 98.0 cm³/mol. The van der Waals surface area contributed by atoms with Crippen LogP contribution in [0.2, 0.25) is 0 Å². The van der Waals surface area contributed by atoms with Gasteiger partial charge in [0.2, 0.25) is 0 Å². The van der Waals surface area contributed by atoms with Gasteiger partial charge < -0.3 is 16.0 Å². The van der Waals surface area contributed by atoms with Crippen molar-refractivity contribution in [2.75, 3.05) is 23.7 Å². The zero-order chi connectivity index (χ0) is 20.8. The molecule has 29 heavy (non-hydrogen) atoms. The number of aromatic nitrogens is 5. The topological polar surface area (TPSA) is 114 Å². The number of rotatable bonds is 3. The van der Waals surface area contributed by atoms with Crippen molar-refractivity contribution in [1.82, 2.24) is 29.9 Å². The van der Waals surface area contributed by atoms with Crippen molar-refractivity contribution in [2.24, 2.45) is 0 Å². The quantitative estimate of drug-likeness (QED) is 0.675. The number of nitrogens with zero attached hydrogens (tertiary/aromatic N) is 6. The van der Waals surface area contributed by atoms with Gasteiger partial charge in [0, 0.05) is 37.6 Å². The summed E-state index contributed by atoms with van der Waals surface area (Å²) in [6, 6.07) is 1.07. The second-order valence-corrected chi connectivity index (χ2v) is 6.82. The molecule has 1 amide bonds. The van der Waals surface area contributed by atoms with Gasteiger partial charge in [0.15, 0.2) is 11.5 Å². The van der Waals surface area contributed by atoms with Crippen LogP contribution in [0.15, 0.2) is 24.8 Å². The van der Waals surface area contributed by atoms with Gasteiger partial charge in [-0.25, -0.2) is 19.5 Å². The Bertz CT molecular complexity index is 1080. The van der Waals surface area contributed by atoms with E-state index in [9.17, 15) is 18.0 Å². The van der Waals surface area contributed by atoms with Gasteiger partial charge in [-0.3, -0.25) is 4.79 Å². The first-order valence-electron chi connectivity index (χ1n) is 8.78. The number of alkyl halides is 3. The highest BCUT2D eigenvalue weighted by Gasteiger charge is 2.40. The van der Waals surface area contributed by atoms with Crippen molar-refractivity contribution in [3.63, 3.8) is 0 Å². The van der Waals surface area contributed by atoms with E-state index in [1.165, 1.54) is 6.33 Å². The van der Waals surface area contributed by atoms with E-state index in [1.807, 2.05) is 12.2 Å². The van der Waals surface area contributed by atoms with Crippen molar-refractivity contribution >= 4 is 23.2 Å². The van der Waals surface area contributed by atoms with Gasteiger partial charge in [-0.15, -0.1) is 5.10 Å². The smallest absolute Gasteiger partial charge is 0.382 e. The fraction of sp³-hybridized carbons (Fsp3) is 0.353. The normalized spacial score (nSPS) is 17.1. The van der Waals surface area contributed by atoms with E-state index in [0.29, 0.717) is 35.7 Å². The minimum Gasteiger partial charge on any atom is -0.382 e. The van der Waals surface area contributed by atoms with E-state index in [4.69, 9.17) is 5.73 Å². The zero-order valence-corrected chi connectivity index (χ0v) is 15.3. The molecule has 1 aliphatic heterocycles. The highest BCUT2D eigenvalue weighted by atomic mass is 19.4. The summed E-state index contributed by atoms with van der Waals surface area (Å²) in [7, 11) is 0. The molecule has 152 valence electrons. The first-order valence-corrected chi connectivity index (χ1v) is 8.78. The molecule has 0 radical (unpaired) electrons. The standard InChI is InChI=1S/C17H17F3N8O/c1-9-5-22-15-13(14(21)26-28(15)6-9)11-4-12(24-8-23-11)27-3-2-10(7-27)25-16(29)17(18,19)20/h4-6,8,10H,2-3,7H2,1H3,(H2,21,26)(H,25,29). The molecule has 0 aliphatic carbocycles. The number of fused-ring (bicyclic) bond motifs is 1. The van der Waals surface area contributed by atoms with E-state index in [0.717, 1.165) is 5.56 Å². The van der Waals surface area contributed by atoms with E-state index in [2.05, 4.69) is 20.1 Å². The molecular weight excluding hydrogens is 389 g/mol. The number of anilines is 2. The third-order valence-corrected chi connectivity index (χ3v) is 4.64. The number of nitrogens with one attached hydrogen (secondary N) is 1. The molecule has 9 nitrogen and oxygen atoms in total. The van der Waals surface area contributed by atoms with Gasteiger partial charge in [0.05, 0.1) is 11.3 Å². The summed E-state index contributed by atoms with van der Waals surface area (Å²) in [6.07, 6.45) is 0.307. The van der Waals surface area contributed by atoms with Crippen LogP contribution < -0.4 is 16.0 Å². The summed E-state index contributed by atoms with van der Waals surface area (Å²) in [5.74, 6) is -1.16. The molecular formula is C17H17F3N8O. The number of nitrogens with two attached hydrogens (primary N) is 1. The molecule has 0 bridgehead atoms. The Hall–Kier alpha value is -3.44. The van der Waals surface area contributed by atoms with Crippen molar-refractivity contribution in [1.29, 1.82) is 0 Å². The summed E-state index contributed by atoms with van der Waals surface area (Å²) >= 11 is 0. The molecule has 4 rings (SSSR count). The second kappa shape index (κ2) is 6.87. The summed E-state index contributed by atoms with van der Waals surface area (Å²) < 4.78 is 38.9. The zero-order valence-electron chi connectivity index (χ0n) is 15.3. The second-order valence-electron chi connectivity index (χ2n) is 6.82. The molecule has 12 heteroatoms. The number of carbonyl (C=O) groups is 1. The van der Waals surface area contributed by atoms with E-state index in [-0.39, 0.29) is 12.4 Å². The van der Waals surface area contributed by atoms with Crippen LogP contribution in [0, 0.1) is 6.92 Å². The van der Waals surface area contributed by atoms with Crippen LogP contribution >= 0.6 is 0 Å². The number of aryl methyl sites for hydroxylation is 1. The van der Waals surface area contributed by atoms with Crippen LogP contribution in [0.1, 0.15) is 12.0 Å². The number of hydrogen-bond acceptors (Lipinski definition) is 7. The molecule has 1 saturated heterocycles. The van der Waals surface area contributed by atoms with Gasteiger partial charge in [0.25, 0.3) is 0 Å². The highest BCUT2D eigenvalue weighted by Crippen LogP contribution is 2.30. The van der Waals surface area contributed by atoms with Crippen LogP contribution in [0.3, 0.4) is 0 Å². The lowest BCUT2D eigenvalue weighted by Gasteiger charge is -2.18. The maximum atomic E-state index is 12.5. The molecule has 0 saturated carbocycles. The summed E-state index contributed by atoms with van der Waals surface area (Å²) in [6.45, 7) is 2.54. The van der Waals surface area contributed by atoms with Gasteiger partial charge in [-0.2, -0.15) is 13.2 Å². The number of amides is 1. The van der Waals surface area contributed by atoms with Crippen molar-refractivity contribution in [2.45, 2.75) is 25.6 Å². The van der Waals surface area contributed by atoms with Crippen molar-refractivity contribution in [3.05, 3.63) is 30.4 Å². The molecule has 4 heterocycles. The molecule has 1 aliphatic rings. The molecule has 1 atom stereocenters. The SMILES string of the molecule is Cc1cnc2c(-c3cc(N4CCC(NC(=O)C(F)(F)F)C4)ncn3)c(N)nn2c1. The summed E-state index contributed by atoms with van der Waals surface area (Å²) in [4.78, 5) is 25.8. The Balaban J connectivity index is 1.58. The summed E-state index contributed by atoms with van der Waals surface area (Å²) in [5, 5.41) is 6.26. The molecule has 1 unspecified atom stereocenters. The largest absolute Gasteiger partial charge is 0.471 e. The maximum Gasteiger partial charge on any atom is 0.471 e. The first-order chi connectivity index (χ1) is 13.7. The van der Waals surface area contributed by atoms with Gasteiger partial charge in [-0.05, 0) is 18.9 Å². The van der Waals surface area contributed by atoms with Crippen molar-refractivity contribution in [3.8, 4) is 11.3 Å². The van der Waals surface area contributed by atoms with Crippen LogP contribution in [0.25, 0.3) is 16.9 Å². The third kappa shape index (κ3) is 3.65. The molecule has 0 aromatic carbocycles. The summed E-state index contributed by atoms with van der Waals surface area (Å²) in [5.41, 5.74) is 8.56. The fourth-order valence-corrected chi connectivity index (χ4v) is 3.30. The van der Waals surface area contributed by atoms with Gasteiger partial charge in [-0.1, -0.05) is 0 Å². The van der Waals surface area contributed by atoms with Crippen molar-refractivity contribution < 1.29 is 18.0 Å². The molecule has 3 aromatic heterocycles. The van der Waals surface area contributed by atoms with Crippen LogP contribution in [0.5, 0.6) is 0 Å². The van der Waals surface area contributed by atoms with E-state index in [1.54, 1.807) is 27.9 Å². The van der Waals surface area contributed by atoms with Gasteiger partial charge >= 0.3 is 12.1 Å². The predicted octanol–water partition coefficient (Wildman–Crippen LogP) is 1.33. The number of nitrogen functional groups attached to an aromatic ring is 1. The Morgan fingerprint density at radius 2 is 2.10 bits per heavy atom. The average molecular weight is 406 g/mol.